The monoisotopic (exact) mass is 371 g/mol. The highest BCUT2D eigenvalue weighted by Crippen LogP contribution is 2.16. The van der Waals surface area contributed by atoms with Crippen molar-refractivity contribution in [3.05, 3.63) is 54.1 Å². The first-order valence-corrected chi connectivity index (χ1v) is 9.03. The Bertz CT molecular complexity index is 728. The molecule has 0 aliphatic heterocycles. The van der Waals surface area contributed by atoms with Crippen molar-refractivity contribution in [1.82, 2.24) is 5.32 Å². The van der Waals surface area contributed by atoms with Crippen LogP contribution in [0.2, 0.25) is 0 Å². The van der Waals surface area contributed by atoms with Gasteiger partial charge in [-0.2, -0.15) is 0 Å². The summed E-state index contributed by atoms with van der Waals surface area (Å²) in [5.74, 6) is 0.504. The van der Waals surface area contributed by atoms with Crippen molar-refractivity contribution >= 4 is 34.6 Å². The van der Waals surface area contributed by atoms with Crippen molar-refractivity contribution in [3.63, 3.8) is 0 Å². The van der Waals surface area contributed by atoms with Gasteiger partial charge in [-0.15, -0.1) is 0 Å². The summed E-state index contributed by atoms with van der Waals surface area (Å²) in [5, 5.41) is 5.95. The number of benzene rings is 2. The summed E-state index contributed by atoms with van der Waals surface area (Å²) >= 11 is 5.21. The topological polar surface area (TPSA) is 53.6 Å². The standard InChI is InChI=1S/C20H25N3O2S/c1-4-5-14-25-18-12-6-15(7-13-18)19(24)22-20(26)21-16-8-10-17(11-9-16)23(2)3/h6-13H,4-5,14H2,1-3H3,(H2,21,22,24,26). The minimum Gasteiger partial charge on any atom is -0.494 e. The summed E-state index contributed by atoms with van der Waals surface area (Å²) < 4.78 is 5.59. The van der Waals surface area contributed by atoms with E-state index in [-0.39, 0.29) is 11.0 Å². The van der Waals surface area contributed by atoms with Crippen LogP contribution in [0, 0.1) is 0 Å². The Hall–Kier alpha value is -2.60. The summed E-state index contributed by atoms with van der Waals surface area (Å²) in [4.78, 5) is 14.3. The molecule has 0 aliphatic rings. The summed E-state index contributed by atoms with van der Waals surface area (Å²) in [6, 6.07) is 14.8. The van der Waals surface area contributed by atoms with Crippen LogP contribution in [0.5, 0.6) is 5.75 Å². The smallest absolute Gasteiger partial charge is 0.257 e. The van der Waals surface area contributed by atoms with Gasteiger partial charge in [0.25, 0.3) is 5.91 Å². The molecule has 2 aromatic rings. The van der Waals surface area contributed by atoms with Crippen LogP contribution in [0.3, 0.4) is 0 Å². The molecule has 0 bridgehead atoms. The van der Waals surface area contributed by atoms with Gasteiger partial charge in [0.15, 0.2) is 5.11 Å². The third-order valence-corrected chi connectivity index (χ3v) is 3.96. The lowest BCUT2D eigenvalue weighted by atomic mass is 10.2. The van der Waals surface area contributed by atoms with E-state index < -0.39 is 0 Å². The maximum absolute atomic E-state index is 12.3. The molecule has 5 nitrogen and oxygen atoms in total. The van der Waals surface area contributed by atoms with Crippen molar-refractivity contribution in [1.29, 1.82) is 0 Å². The number of carbonyl (C=O) groups excluding carboxylic acids is 1. The molecule has 0 heterocycles. The molecule has 2 N–H and O–H groups in total. The lowest BCUT2D eigenvalue weighted by Gasteiger charge is -2.14. The molecule has 0 aromatic heterocycles. The first-order chi connectivity index (χ1) is 12.5. The molecule has 0 saturated carbocycles. The number of unbranched alkanes of at least 4 members (excludes halogenated alkanes) is 1. The molecule has 2 aromatic carbocycles. The highest BCUT2D eigenvalue weighted by Gasteiger charge is 2.08. The normalized spacial score (nSPS) is 10.1. The average Bonchev–Trinajstić information content (AvgIpc) is 2.62. The number of amides is 1. The molecule has 0 unspecified atom stereocenters. The molecule has 26 heavy (non-hydrogen) atoms. The predicted octanol–water partition coefficient (Wildman–Crippen LogP) is 4.06. The van der Waals surface area contributed by atoms with Gasteiger partial charge in [-0.05, 0) is 67.2 Å². The van der Waals surface area contributed by atoms with E-state index in [1.54, 1.807) is 24.3 Å². The van der Waals surface area contributed by atoms with Crippen molar-refractivity contribution in [2.75, 3.05) is 30.9 Å². The molecule has 2 rings (SSSR count). The van der Waals surface area contributed by atoms with Crippen LogP contribution in [0.25, 0.3) is 0 Å². The lowest BCUT2D eigenvalue weighted by molar-refractivity contribution is 0.0977. The first kappa shape index (κ1) is 19.7. The maximum atomic E-state index is 12.3. The largest absolute Gasteiger partial charge is 0.494 e. The Kier molecular flexibility index (Phi) is 7.41. The minimum absolute atomic E-state index is 0.257. The van der Waals surface area contributed by atoms with Gasteiger partial charge in [0, 0.05) is 31.0 Å². The van der Waals surface area contributed by atoms with Crippen LogP contribution in [-0.4, -0.2) is 31.7 Å². The van der Waals surface area contributed by atoms with Crippen LogP contribution in [-0.2, 0) is 0 Å². The minimum atomic E-state index is -0.257. The second-order valence-electron chi connectivity index (χ2n) is 6.08. The number of hydrogen-bond donors (Lipinski definition) is 2. The highest BCUT2D eigenvalue weighted by molar-refractivity contribution is 7.80. The van der Waals surface area contributed by atoms with E-state index in [4.69, 9.17) is 17.0 Å². The molecule has 0 spiro atoms. The number of nitrogens with one attached hydrogen (secondary N) is 2. The Morgan fingerprint density at radius 1 is 1.08 bits per heavy atom. The number of anilines is 2. The van der Waals surface area contributed by atoms with Gasteiger partial charge in [-0.1, -0.05) is 13.3 Å². The Morgan fingerprint density at radius 2 is 1.73 bits per heavy atom. The van der Waals surface area contributed by atoms with E-state index >= 15 is 0 Å². The SMILES string of the molecule is CCCCOc1ccc(C(=O)NC(=S)Nc2ccc(N(C)C)cc2)cc1. The molecular weight excluding hydrogens is 346 g/mol. The predicted molar refractivity (Wildman–Crippen MR) is 111 cm³/mol. The van der Waals surface area contributed by atoms with E-state index in [1.807, 2.05) is 43.3 Å². The van der Waals surface area contributed by atoms with Crippen molar-refractivity contribution in [2.24, 2.45) is 0 Å². The Labute approximate surface area is 160 Å². The fourth-order valence-electron chi connectivity index (χ4n) is 2.22. The van der Waals surface area contributed by atoms with Gasteiger partial charge in [-0.25, -0.2) is 0 Å². The molecule has 0 fully saturated rings. The summed E-state index contributed by atoms with van der Waals surface area (Å²) in [7, 11) is 3.96. The van der Waals surface area contributed by atoms with Gasteiger partial charge < -0.3 is 15.0 Å². The zero-order valence-electron chi connectivity index (χ0n) is 15.4. The fraction of sp³-hybridized carbons (Fsp3) is 0.300. The number of hydrogen-bond acceptors (Lipinski definition) is 4. The molecule has 1 amide bonds. The van der Waals surface area contributed by atoms with Crippen molar-refractivity contribution < 1.29 is 9.53 Å². The number of carbonyl (C=O) groups is 1. The van der Waals surface area contributed by atoms with Crippen LogP contribution in [0.1, 0.15) is 30.1 Å². The van der Waals surface area contributed by atoms with E-state index in [1.165, 1.54) is 0 Å². The molecular formula is C20H25N3O2S. The fourth-order valence-corrected chi connectivity index (χ4v) is 2.43. The van der Waals surface area contributed by atoms with Crippen molar-refractivity contribution in [2.45, 2.75) is 19.8 Å². The molecule has 6 heteroatoms. The van der Waals surface area contributed by atoms with Crippen molar-refractivity contribution in [3.8, 4) is 5.75 Å². The summed E-state index contributed by atoms with van der Waals surface area (Å²) in [6.45, 7) is 2.80. The van der Waals surface area contributed by atoms with E-state index in [0.29, 0.717) is 12.2 Å². The van der Waals surface area contributed by atoms with Gasteiger partial charge in [0.2, 0.25) is 0 Å². The summed E-state index contributed by atoms with van der Waals surface area (Å²) in [5.41, 5.74) is 2.44. The number of rotatable bonds is 7. The maximum Gasteiger partial charge on any atom is 0.257 e. The van der Waals surface area contributed by atoms with Crippen LogP contribution >= 0.6 is 12.2 Å². The molecule has 0 atom stereocenters. The Morgan fingerprint density at radius 3 is 2.31 bits per heavy atom. The zero-order chi connectivity index (χ0) is 18.9. The van der Waals surface area contributed by atoms with Gasteiger partial charge in [0.1, 0.15) is 5.75 Å². The molecule has 0 aliphatic carbocycles. The van der Waals surface area contributed by atoms with Gasteiger partial charge >= 0.3 is 0 Å². The van der Waals surface area contributed by atoms with Crippen LogP contribution in [0.4, 0.5) is 11.4 Å². The average molecular weight is 372 g/mol. The lowest BCUT2D eigenvalue weighted by Crippen LogP contribution is -2.34. The third-order valence-electron chi connectivity index (χ3n) is 3.75. The number of ether oxygens (including phenoxy) is 1. The number of nitrogens with zero attached hydrogens (tertiary/aromatic N) is 1. The van der Waals surface area contributed by atoms with E-state index in [0.717, 1.165) is 30.0 Å². The van der Waals surface area contributed by atoms with Crippen LogP contribution < -0.4 is 20.3 Å². The second-order valence-corrected chi connectivity index (χ2v) is 6.48. The molecule has 138 valence electrons. The Balaban J connectivity index is 1.87. The number of thiocarbonyl (C=S) groups is 1. The van der Waals surface area contributed by atoms with E-state index in [2.05, 4.69) is 17.6 Å². The quantitative estimate of drug-likeness (QED) is 0.568. The van der Waals surface area contributed by atoms with Gasteiger partial charge in [0.05, 0.1) is 6.61 Å². The summed E-state index contributed by atoms with van der Waals surface area (Å²) in [6.07, 6.45) is 2.10. The first-order valence-electron chi connectivity index (χ1n) is 8.62. The highest BCUT2D eigenvalue weighted by atomic mass is 32.1. The second kappa shape index (κ2) is 9.77. The zero-order valence-corrected chi connectivity index (χ0v) is 16.2. The molecule has 0 saturated heterocycles. The third kappa shape index (κ3) is 6.04. The van der Waals surface area contributed by atoms with Crippen LogP contribution in [0.15, 0.2) is 48.5 Å². The van der Waals surface area contributed by atoms with E-state index in [9.17, 15) is 4.79 Å². The van der Waals surface area contributed by atoms with Gasteiger partial charge in [-0.3, -0.25) is 10.1 Å². The molecule has 0 radical (unpaired) electrons.